The van der Waals surface area contributed by atoms with Crippen LogP contribution < -0.4 is 5.73 Å². The lowest BCUT2D eigenvalue weighted by Gasteiger charge is -1.90. The lowest BCUT2D eigenvalue weighted by molar-refractivity contribution is 0.111. The molecule has 60 valence electrons. The zero-order valence-electron chi connectivity index (χ0n) is 6.01. The van der Waals surface area contributed by atoms with E-state index in [1.165, 1.54) is 10.7 Å². The van der Waals surface area contributed by atoms with Crippen molar-refractivity contribution in [1.29, 1.82) is 0 Å². The summed E-state index contributed by atoms with van der Waals surface area (Å²) in [7, 11) is 0. The number of fused-ring (bicyclic) bond motifs is 1. The van der Waals surface area contributed by atoms with E-state index in [0.717, 1.165) is 0 Å². The summed E-state index contributed by atoms with van der Waals surface area (Å²) in [5.74, 6) is 0.472. The summed E-state index contributed by atoms with van der Waals surface area (Å²) in [6.07, 6.45) is 3.56. The van der Waals surface area contributed by atoms with Crippen molar-refractivity contribution >= 4 is 17.8 Å². The normalized spacial score (nSPS) is 10.3. The number of anilines is 1. The van der Waals surface area contributed by atoms with Gasteiger partial charge in [0.25, 0.3) is 5.78 Å². The molecule has 0 saturated carbocycles. The molecule has 2 N–H and O–H groups in total. The molecule has 2 aromatic rings. The highest BCUT2D eigenvalue weighted by Gasteiger charge is 2.01. The highest BCUT2D eigenvalue weighted by Crippen LogP contribution is 2.00. The number of carbonyl (C=O) groups excluding carboxylic acids is 1. The predicted octanol–water partition coefficient (Wildman–Crippen LogP) is -0.481. The number of nitrogens with zero attached hydrogens (tertiary/aromatic N) is 4. The standard InChI is InChI=1S/C6H5N5O/c7-4-1-8-6-9-5(3-12)10-11(6)2-4/h1-3H,7H2. The summed E-state index contributed by atoms with van der Waals surface area (Å²) in [4.78, 5) is 17.9. The van der Waals surface area contributed by atoms with Gasteiger partial charge in [-0.2, -0.15) is 4.98 Å². The molecule has 0 radical (unpaired) electrons. The Morgan fingerprint density at radius 2 is 2.42 bits per heavy atom. The van der Waals surface area contributed by atoms with Crippen molar-refractivity contribution in [3.63, 3.8) is 0 Å². The SMILES string of the molecule is Nc1cnc2nc(C=O)nn2c1. The van der Waals surface area contributed by atoms with Crippen molar-refractivity contribution in [2.75, 3.05) is 5.73 Å². The third kappa shape index (κ3) is 0.895. The first-order valence-electron chi connectivity index (χ1n) is 3.22. The topological polar surface area (TPSA) is 86.2 Å². The summed E-state index contributed by atoms with van der Waals surface area (Å²) in [6, 6.07) is 0. The first-order chi connectivity index (χ1) is 5.79. The molecule has 0 atom stereocenters. The van der Waals surface area contributed by atoms with Crippen molar-refractivity contribution in [3.8, 4) is 0 Å². The van der Waals surface area contributed by atoms with E-state index in [4.69, 9.17) is 5.73 Å². The molecule has 0 fully saturated rings. The van der Waals surface area contributed by atoms with Crippen LogP contribution in [-0.2, 0) is 0 Å². The molecule has 12 heavy (non-hydrogen) atoms. The molecule has 0 aliphatic carbocycles. The van der Waals surface area contributed by atoms with Gasteiger partial charge < -0.3 is 5.73 Å². The molecule has 0 aromatic carbocycles. The van der Waals surface area contributed by atoms with Gasteiger partial charge in [0.15, 0.2) is 6.29 Å². The zero-order valence-corrected chi connectivity index (χ0v) is 6.01. The van der Waals surface area contributed by atoms with Gasteiger partial charge in [0.1, 0.15) is 0 Å². The van der Waals surface area contributed by atoms with E-state index >= 15 is 0 Å². The van der Waals surface area contributed by atoms with E-state index in [0.29, 0.717) is 17.8 Å². The smallest absolute Gasteiger partial charge is 0.252 e. The van der Waals surface area contributed by atoms with Crippen LogP contribution >= 0.6 is 0 Å². The number of nitrogens with two attached hydrogens (primary N) is 1. The van der Waals surface area contributed by atoms with E-state index in [9.17, 15) is 4.79 Å². The molecular weight excluding hydrogens is 158 g/mol. The summed E-state index contributed by atoms with van der Waals surface area (Å²) < 4.78 is 1.36. The largest absolute Gasteiger partial charge is 0.396 e. The van der Waals surface area contributed by atoms with Crippen LogP contribution in [0.25, 0.3) is 5.78 Å². The van der Waals surface area contributed by atoms with Gasteiger partial charge in [-0.3, -0.25) is 4.79 Å². The molecule has 0 bridgehead atoms. The van der Waals surface area contributed by atoms with Crippen LogP contribution in [0, 0.1) is 0 Å². The van der Waals surface area contributed by atoms with Gasteiger partial charge in [0.2, 0.25) is 5.82 Å². The monoisotopic (exact) mass is 163 g/mol. The van der Waals surface area contributed by atoms with Crippen LogP contribution in [0.15, 0.2) is 12.4 Å². The maximum atomic E-state index is 10.3. The third-order valence-corrected chi connectivity index (χ3v) is 1.34. The first-order valence-corrected chi connectivity index (χ1v) is 3.22. The Bertz CT molecular complexity index is 434. The van der Waals surface area contributed by atoms with Gasteiger partial charge in [-0.1, -0.05) is 0 Å². The maximum Gasteiger partial charge on any atom is 0.252 e. The molecule has 0 aliphatic heterocycles. The van der Waals surface area contributed by atoms with Crippen LogP contribution in [0.4, 0.5) is 5.69 Å². The predicted molar refractivity (Wildman–Crippen MR) is 40.6 cm³/mol. The van der Waals surface area contributed by atoms with Gasteiger partial charge in [-0.05, 0) is 0 Å². The fourth-order valence-corrected chi connectivity index (χ4v) is 0.863. The number of aldehydes is 1. The summed E-state index contributed by atoms with van der Waals surface area (Å²) >= 11 is 0. The van der Waals surface area contributed by atoms with E-state index < -0.39 is 0 Å². The number of hydrogen-bond acceptors (Lipinski definition) is 5. The van der Waals surface area contributed by atoms with Crippen molar-refractivity contribution in [2.24, 2.45) is 0 Å². The lowest BCUT2D eigenvalue weighted by Crippen LogP contribution is -1.94. The van der Waals surface area contributed by atoms with E-state index in [2.05, 4.69) is 15.1 Å². The van der Waals surface area contributed by atoms with Crippen molar-refractivity contribution in [3.05, 3.63) is 18.2 Å². The van der Waals surface area contributed by atoms with Crippen LogP contribution in [0.2, 0.25) is 0 Å². The molecule has 6 nitrogen and oxygen atoms in total. The Balaban J connectivity index is 2.75. The Morgan fingerprint density at radius 1 is 1.58 bits per heavy atom. The second kappa shape index (κ2) is 2.26. The van der Waals surface area contributed by atoms with E-state index in [1.807, 2.05) is 0 Å². The second-order valence-corrected chi connectivity index (χ2v) is 2.22. The molecule has 0 amide bonds. The molecule has 2 rings (SSSR count). The summed E-state index contributed by atoms with van der Waals surface area (Å²) in [5.41, 5.74) is 5.91. The van der Waals surface area contributed by atoms with E-state index in [1.54, 1.807) is 6.20 Å². The minimum atomic E-state index is 0.105. The third-order valence-electron chi connectivity index (χ3n) is 1.34. The number of rotatable bonds is 1. The van der Waals surface area contributed by atoms with Gasteiger partial charge in [0, 0.05) is 0 Å². The molecule has 6 heteroatoms. The second-order valence-electron chi connectivity index (χ2n) is 2.22. The first kappa shape index (κ1) is 6.71. The van der Waals surface area contributed by atoms with Gasteiger partial charge in [0.05, 0.1) is 18.1 Å². The van der Waals surface area contributed by atoms with Crippen molar-refractivity contribution in [1.82, 2.24) is 19.6 Å². The molecule has 0 spiro atoms. The highest BCUT2D eigenvalue weighted by molar-refractivity contribution is 5.69. The molecule has 0 aliphatic rings. The maximum absolute atomic E-state index is 10.3. The van der Waals surface area contributed by atoms with Crippen molar-refractivity contribution in [2.45, 2.75) is 0 Å². The van der Waals surface area contributed by atoms with Crippen molar-refractivity contribution < 1.29 is 4.79 Å². The Morgan fingerprint density at radius 3 is 3.17 bits per heavy atom. The van der Waals surface area contributed by atoms with Crippen LogP contribution in [0.1, 0.15) is 10.6 Å². The number of nitrogen functional groups attached to an aromatic ring is 1. The fraction of sp³-hybridized carbons (Fsp3) is 0. The summed E-state index contributed by atoms with van der Waals surface area (Å²) in [6.45, 7) is 0. The van der Waals surface area contributed by atoms with Crippen LogP contribution in [0.3, 0.4) is 0 Å². The Hall–Kier alpha value is -1.98. The quantitative estimate of drug-likeness (QED) is 0.573. The lowest BCUT2D eigenvalue weighted by atomic mass is 10.6. The molecule has 0 saturated heterocycles. The van der Waals surface area contributed by atoms with Gasteiger partial charge in [-0.15, -0.1) is 5.10 Å². The number of aromatic nitrogens is 4. The number of carbonyl (C=O) groups is 1. The fourth-order valence-electron chi connectivity index (χ4n) is 0.863. The zero-order chi connectivity index (χ0) is 8.55. The average molecular weight is 163 g/mol. The minimum absolute atomic E-state index is 0.105. The number of hydrogen-bond donors (Lipinski definition) is 1. The average Bonchev–Trinajstić information content (AvgIpc) is 2.46. The van der Waals surface area contributed by atoms with Crippen LogP contribution in [0.5, 0.6) is 0 Å². The van der Waals surface area contributed by atoms with Crippen LogP contribution in [-0.4, -0.2) is 25.9 Å². The highest BCUT2D eigenvalue weighted by atomic mass is 16.1. The molecule has 0 unspecified atom stereocenters. The Labute approximate surface area is 67.0 Å². The van der Waals surface area contributed by atoms with E-state index in [-0.39, 0.29) is 5.82 Å². The van der Waals surface area contributed by atoms with Gasteiger partial charge in [-0.25, -0.2) is 9.50 Å². The molecular formula is C6H5N5O. The summed E-state index contributed by atoms with van der Waals surface area (Å²) in [5, 5.41) is 3.79. The van der Waals surface area contributed by atoms with Gasteiger partial charge >= 0.3 is 0 Å². The molecule has 2 aromatic heterocycles. The minimum Gasteiger partial charge on any atom is -0.396 e. The Kier molecular flexibility index (Phi) is 1.26. The molecule has 2 heterocycles.